The highest BCUT2D eigenvalue weighted by Gasteiger charge is 2.15. The van der Waals surface area contributed by atoms with E-state index in [1.54, 1.807) is 19.2 Å². The fourth-order valence-electron chi connectivity index (χ4n) is 2.98. The molecule has 31 heavy (non-hydrogen) atoms. The number of benzene rings is 2. The lowest BCUT2D eigenvalue weighted by molar-refractivity contribution is 0.0992. The summed E-state index contributed by atoms with van der Waals surface area (Å²) in [6.45, 7) is 2.19. The average molecular weight is 435 g/mol. The Morgan fingerprint density at radius 1 is 1.03 bits per heavy atom. The molecule has 0 atom stereocenters. The van der Waals surface area contributed by atoms with Crippen LogP contribution in [0.2, 0.25) is 0 Å². The van der Waals surface area contributed by atoms with Crippen LogP contribution in [0, 0.1) is 6.92 Å². The minimum Gasteiger partial charge on any atom is -0.497 e. The molecule has 0 aliphatic heterocycles. The van der Waals surface area contributed by atoms with Gasteiger partial charge in [-0.3, -0.25) is 10.1 Å². The van der Waals surface area contributed by atoms with E-state index >= 15 is 0 Å². The van der Waals surface area contributed by atoms with Gasteiger partial charge in [0.25, 0.3) is 5.91 Å². The molecule has 6 nitrogen and oxygen atoms in total. The number of methoxy groups -OCH3 is 1. The van der Waals surface area contributed by atoms with Crippen LogP contribution >= 0.6 is 11.3 Å². The first kappa shape index (κ1) is 20.7. The average Bonchev–Trinajstić information content (AvgIpc) is 3.40. The highest BCUT2D eigenvalue weighted by Crippen LogP contribution is 2.26. The van der Waals surface area contributed by atoms with Crippen LogP contribution in [0.15, 0.2) is 71.1 Å². The van der Waals surface area contributed by atoms with Gasteiger partial charge in [0.15, 0.2) is 10.9 Å². The molecule has 0 saturated carbocycles. The number of aryl methyl sites for hydroxylation is 1. The third kappa shape index (κ3) is 5.32. The Kier molecular flexibility index (Phi) is 6.33. The molecule has 4 aromatic rings. The monoisotopic (exact) mass is 434 g/mol. The number of ether oxygens (including phenoxy) is 2. The molecule has 158 valence electrons. The zero-order valence-corrected chi connectivity index (χ0v) is 18.1. The van der Waals surface area contributed by atoms with E-state index in [1.165, 1.54) is 11.3 Å². The second-order valence-corrected chi connectivity index (χ2v) is 7.96. The summed E-state index contributed by atoms with van der Waals surface area (Å²) in [6.07, 6.45) is 0.741. The number of nitrogens with zero attached hydrogens (tertiary/aromatic N) is 1. The second-order valence-electron chi connectivity index (χ2n) is 6.87. The lowest BCUT2D eigenvalue weighted by Gasteiger charge is -2.03. The van der Waals surface area contributed by atoms with Crippen molar-refractivity contribution in [1.82, 2.24) is 4.98 Å². The zero-order valence-electron chi connectivity index (χ0n) is 17.3. The molecule has 0 aliphatic carbocycles. The van der Waals surface area contributed by atoms with Gasteiger partial charge in [-0.25, -0.2) is 4.98 Å². The summed E-state index contributed by atoms with van der Waals surface area (Å²) in [6, 6.07) is 20.7. The minimum absolute atomic E-state index is 0.219. The smallest absolute Gasteiger partial charge is 0.293 e. The zero-order chi connectivity index (χ0) is 21.6. The van der Waals surface area contributed by atoms with Gasteiger partial charge in [-0.1, -0.05) is 30.3 Å². The van der Waals surface area contributed by atoms with Crippen molar-refractivity contribution in [3.63, 3.8) is 0 Å². The van der Waals surface area contributed by atoms with E-state index < -0.39 is 0 Å². The van der Waals surface area contributed by atoms with Crippen LogP contribution < -0.4 is 14.8 Å². The molecule has 0 fully saturated rings. The third-order valence-corrected chi connectivity index (χ3v) is 5.72. The normalized spacial score (nSPS) is 10.6. The summed E-state index contributed by atoms with van der Waals surface area (Å²) in [5.41, 5.74) is 2.05. The molecule has 4 rings (SSSR count). The molecule has 0 bridgehead atoms. The summed E-state index contributed by atoms with van der Waals surface area (Å²) in [5, 5.41) is 3.37. The number of carbonyl (C=O) groups is 1. The Morgan fingerprint density at radius 2 is 1.81 bits per heavy atom. The van der Waals surface area contributed by atoms with Gasteiger partial charge in [0.05, 0.1) is 12.8 Å². The van der Waals surface area contributed by atoms with Gasteiger partial charge in [-0.05, 0) is 48.9 Å². The SMILES string of the molecule is COc1ccc(Cc2sc(NC(=O)c3ccc(COc4ccccc4)o3)nc2C)cc1. The number of amides is 1. The molecule has 1 N–H and O–H groups in total. The number of anilines is 1. The summed E-state index contributed by atoms with van der Waals surface area (Å²) in [5.74, 6) is 2.02. The molecule has 0 unspecified atom stereocenters. The number of carbonyl (C=O) groups excluding carboxylic acids is 1. The van der Waals surface area contributed by atoms with Crippen LogP contribution in [0.3, 0.4) is 0 Å². The Labute approximate surface area is 184 Å². The van der Waals surface area contributed by atoms with Crippen LogP contribution in [-0.2, 0) is 13.0 Å². The predicted molar refractivity (Wildman–Crippen MR) is 120 cm³/mol. The van der Waals surface area contributed by atoms with Gasteiger partial charge in [0.2, 0.25) is 0 Å². The van der Waals surface area contributed by atoms with Crippen molar-refractivity contribution in [2.24, 2.45) is 0 Å². The van der Waals surface area contributed by atoms with Crippen LogP contribution in [0.1, 0.15) is 32.4 Å². The molecule has 2 heterocycles. The standard InChI is InChI=1S/C24H22N2O4S/c1-16-22(14-17-8-10-18(28-2)11-9-17)31-24(25-16)26-23(27)21-13-12-20(30-21)15-29-19-6-4-3-5-7-19/h3-13H,14-15H2,1-2H3,(H,25,26,27). The number of furan rings is 1. The summed E-state index contributed by atoms with van der Waals surface area (Å²) >= 11 is 1.46. The van der Waals surface area contributed by atoms with E-state index in [0.29, 0.717) is 10.9 Å². The first-order valence-corrected chi connectivity index (χ1v) is 10.6. The van der Waals surface area contributed by atoms with E-state index in [0.717, 1.165) is 34.1 Å². The molecular weight excluding hydrogens is 412 g/mol. The minimum atomic E-state index is -0.337. The molecule has 2 aromatic heterocycles. The van der Waals surface area contributed by atoms with Crippen molar-refractivity contribution >= 4 is 22.4 Å². The number of para-hydroxylation sites is 1. The molecule has 0 saturated heterocycles. The van der Waals surface area contributed by atoms with Crippen LogP contribution in [0.4, 0.5) is 5.13 Å². The molecule has 0 radical (unpaired) electrons. The number of aromatic nitrogens is 1. The largest absolute Gasteiger partial charge is 0.497 e. The highest BCUT2D eigenvalue weighted by atomic mass is 32.1. The van der Waals surface area contributed by atoms with Gasteiger partial charge in [0, 0.05) is 11.3 Å². The van der Waals surface area contributed by atoms with Gasteiger partial charge >= 0.3 is 0 Å². The van der Waals surface area contributed by atoms with Crippen LogP contribution in [0.5, 0.6) is 11.5 Å². The molecule has 1 amide bonds. The Balaban J connectivity index is 1.36. The van der Waals surface area contributed by atoms with Crippen molar-refractivity contribution in [3.8, 4) is 11.5 Å². The Hall–Kier alpha value is -3.58. The fraction of sp³-hybridized carbons (Fsp3) is 0.167. The van der Waals surface area contributed by atoms with Gasteiger partial charge in [-0.2, -0.15) is 0 Å². The maximum Gasteiger partial charge on any atom is 0.293 e. The lowest BCUT2D eigenvalue weighted by atomic mass is 10.1. The lowest BCUT2D eigenvalue weighted by Crippen LogP contribution is -2.10. The van der Waals surface area contributed by atoms with E-state index in [-0.39, 0.29) is 18.3 Å². The molecule has 7 heteroatoms. The van der Waals surface area contributed by atoms with E-state index in [9.17, 15) is 4.79 Å². The van der Waals surface area contributed by atoms with Gasteiger partial charge < -0.3 is 13.9 Å². The molecular formula is C24H22N2O4S. The van der Waals surface area contributed by atoms with Crippen LogP contribution in [0.25, 0.3) is 0 Å². The first-order chi connectivity index (χ1) is 15.1. The number of nitrogens with one attached hydrogen (secondary N) is 1. The van der Waals surface area contributed by atoms with E-state index in [4.69, 9.17) is 13.9 Å². The summed E-state index contributed by atoms with van der Waals surface area (Å²) in [7, 11) is 1.65. The molecule has 0 aliphatic rings. The quantitative estimate of drug-likeness (QED) is 0.398. The maximum atomic E-state index is 12.6. The predicted octanol–water partition coefficient (Wildman–Crippen LogP) is 5.48. The highest BCUT2D eigenvalue weighted by molar-refractivity contribution is 7.15. The molecule has 0 spiro atoms. The van der Waals surface area contributed by atoms with E-state index in [2.05, 4.69) is 10.3 Å². The van der Waals surface area contributed by atoms with Crippen molar-refractivity contribution < 1.29 is 18.7 Å². The van der Waals surface area contributed by atoms with Crippen molar-refractivity contribution in [3.05, 3.63) is 94.4 Å². The summed E-state index contributed by atoms with van der Waals surface area (Å²) in [4.78, 5) is 18.1. The second kappa shape index (κ2) is 9.49. The maximum absolute atomic E-state index is 12.6. The van der Waals surface area contributed by atoms with Crippen molar-refractivity contribution in [1.29, 1.82) is 0 Å². The van der Waals surface area contributed by atoms with Gasteiger partial charge in [0.1, 0.15) is 23.9 Å². The molecule has 2 aromatic carbocycles. The van der Waals surface area contributed by atoms with Crippen molar-refractivity contribution in [2.45, 2.75) is 20.0 Å². The Morgan fingerprint density at radius 3 is 2.55 bits per heavy atom. The van der Waals surface area contributed by atoms with Crippen molar-refractivity contribution in [2.75, 3.05) is 12.4 Å². The third-order valence-electron chi connectivity index (χ3n) is 4.65. The number of thiazole rings is 1. The summed E-state index contributed by atoms with van der Waals surface area (Å²) < 4.78 is 16.5. The first-order valence-electron chi connectivity index (χ1n) is 9.78. The van der Waals surface area contributed by atoms with E-state index in [1.807, 2.05) is 61.5 Å². The number of rotatable bonds is 8. The van der Waals surface area contributed by atoms with Gasteiger partial charge in [-0.15, -0.1) is 11.3 Å². The van der Waals surface area contributed by atoms with Crippen LogP contribution in [-0.4, -0.2) is 18.0 Å². The number of hydrogen-bond donors (Lipinski definition) is 1. The number of hydrogen-bond acceptors (Lipinski definition) is 6. The topological polar surface area (TPSA) is 73.6 Å². The Bertz CT molecular complexity index is 1150. The fourth-order valence-corrected chi connectivity index (χ4v) is 3.97.